The molecule has 5 rings (SSSR count). The second-order valence-electron chi connectivity index (χ2n) is 9.21. The number of fused-ring (bicyclic) bond motifs is 1. The molecule has 0 unspecified atom stereocenters. The maximum atomic E-state index is 12.5. The number of alkyl halides is 3. The molecule has 1 saturated heterocycles. The number of amides is 1. The highest BCUT2D eigenvalue weighted by molar-refractivity contribution is 5.85. The Bertz CT molecular complexity index is 990. The zero-order valence-electron chi connectivity index (χ0n) is 17.7. The highest BCUT2D eigenvalue weighted by Crippen LogP contribution is 2.35. The van der Waals surface area contributed by atoms with E-state index in [1.165, 1.54) is 12.8 Å². The van der Waals surface area contributed by atoms with Crippen molar-refractivity contribution in [2.45, 2.75) is 63.0 Å². The van der Waals surface area contributed by atoms with E-state index >= 15 is 0 Å². The molecule has 2 aromatic rings. The lowest BCUT2D eigenvalue weighted by Crippen LogP contribution is -2.59. The Hall–Kier alpha value is -2.49. The van der Waals surface area contributed by atoms with Crippen LogP contribution in [-0.2, 0) is 9.53 Å². The van der Waals surface area contributed by atoms with Gasteiger partial charge in [-0.2, -0.15) is 18.3 Å². The number of nitrogens with two attached hydrogens (primary N) is 1. The van der Waals surface area contributed by atoms with Crippen molar-refractivity contribution in [2.75, 3.05) is 25.4 Å². The Kier molecular flexibility index (Phi) is 5.43. The van der Waals surface area contributed by atoms with Crippen molar-refractivity contribution in [1.82, 2.24) is 14.7 Å². The average molecular weight is 452 g/mol. The largest absolute Gasteiger partial charge is 0.491 e. The first-order valence-electron chi connectivity index (χ1n) is 11.2. The van der Waals surface area contributed by atoms with Crippen LogP contribution in [0.5, 0.6) is 5.75 Å². The van der Waals surface area contributed by atoms with Crippen molar-refractivity contribution in [3.8, 4) is 5.75 Å². The van der Waals surface area contributed by atoms with E-state index in [1.807, 2.05) is 23.0 Å². The normalized spacial score (nSPS) is 24.5. The second kappa shape index (κ2) is 8.13. The van der Waals surface area contributed by atoms with E-state index in [-0.39, 0.29) is 31.3 Å². The minimum absolute atomic E-state index is 0.00226. The van der Waals surface area contributed by atoms with Crippen molar-refractivity contribution >= 4 is 22.5 Å². The summed E-state index contributed by atoms with van der Waals surface area (Å²) in [7, 11) is 0. The fourth-order valence-electron chi connectivity index (χ4n) is 4.48. The average Bonchev–Trinajstić information content (AvgIpc) is 3.46. The molecule has 3 fully saturated rings. The number of hydrogen-bond donors (Lipinski definition) is 1. The number of likely N-dealkylation sites (tertiary alicyclic amines) is 1. The minimum atomic E-state index is -4.81. The van der Waals surface area contributed by atoms with E-state index in [0.29, 0.717) is 24.0 Å². The van der Waals surface area contributed by atoms with E-state index in [2.05, 4.69) is 0 Å². The summed E-state index contributed by atoms with van der Waals surface area (Å²) in [5.74, 6) is -0.452. The molecule has 1 aromatic carbocycles. The molecule has 2 aliphatic carbocycles. The number of carbonyl (C=O) groups is 1. The summed E-state index contributed by atoms with van der Waals surface area (Å²) >= 11 is 0. The summed E-state index contributed by atoms with van der Waals surface area (Å²) in [6, 6.07) is 4.05. The minimum Gasteiger partial charge on any atom is -0.491 e. The van der Waals surface area contributed by atoms with Crippen LogP contribution in [0.25, 0.3) is 10.9 Å². The molecule has 1 amide bonds. The molecule has 0 atom stereocenters. The summed E-state index contributed by atoms with van der Waals surface area (Å²) in [6.45, 7) is 0.717. The molecule has 2 heterocycles. The van der Waals surface area contributed by atoms with E-state index in [1.54, 1.807) is 0 Å². The Morgan fingerprint density at radius 1 is 1.09 bits per heavy atom. The fraction of sp³-hybridized carbons (Fsp3) is 0.636. The predicted molar refractivity (Wildman–Crippen MR) is 111 cm³/mol. The summed E-state index contributed by atoms with van der Waals surface area (Å²) in [5.41, 5.74) is 7.62. The molecule has 1 aliphatic heterocycles. The Morgan fingerprint density at radius 3 is 2.47 bits per heavy atom. The molecule has 1 aromatic heterocycles. The lowest BCUT2D eigenvalue weighted by atomic mass is 9.92. The molecule has 7 nitrogen and oxygen atoms in total. The standard InChI is InChI=1S/C22H27F3N4O3/c23-22(24,25)21(30)28-10-17(11-28)32-16-5-3-15(4-6-16)29-9-14-7-18(26)20(8-19(14)27-29)31-12-13-1-2-13/h7-9,13,15-17H,1-6,10-12,26H2. The third-order valence-electron chi connectivity index (χ3n) is 6.61. The Labute approximate surface area is 183 Å². The third-order valence-corrected chi connectivity index (χ3v) is 6.61. The highest BCUT2D eigenvalue weighted by atomic mass is 19.4. The van der Waals surface area contributed by atoms with E-state index in [0.717, 1.165) is 41.5 Å². The van der Waals surface area contributed by atoms with Crippen LogP contribution in [0.1, 0.15) is 44.6 Å². The number of benzene rings is 1. The fourth-order valence-corrected chi connectivity index (χ4v) is 4.48. The summed E-state index contributed by atoms with van der Waals surface area (Å²) in [4.78, 5) is 12.0. The van der Waals surface area contributed by atoms with Crippen molar-refractivity contribution in [2.24, 2.45) is 5.92 Å². The molecular formula is C22H27F3N4O3. The molecule has 2 saturated carbocycles. The molecule has 32 heavy (non-hydrogen) atoms. The van der Waals surface area contributed by atoms with Gasteiger partial charge in [0.1, 0.15) is 5.75 Å². The molecule has 2 N–H and O–H groups in total. The molecular weight excluding hydrogens is 425 g/mol. The molecule has 10 heteroatoms. The van der Waals surface area contributed by atoms with Crippen LogP contribution in [0.15, 0.2) is 18.3 Å². The number of aromatic nitrogens is 2. The van der Waals surface area contributed by atoms with Crippen LogP contribution in [0, 0.1) is 5.92 Å². The van der Waals surface area contributed by atoms with Gasteiger partial charge in [0.2, 0.25) is 0 Å². The number of hydrogen-bond acceptors (Lipinski definition) is 5. The van der Waals surface area contributed by atoms with Crippen LogP contribution in [0.3, 0.4) is 0 Å². The highest BCUT2D eigenvalue weighted by Gasteiger charge is 2.47. The van der Waals surface area contributed by atoms with Gasteiger partial charge in [-0.05, 0) is 50.5 Å². The lowest BCUT2D eigenvalue weighted by Gasteiger charge is -2.41. The van der Waals surface area contributed by atoms with Gasteiger partial charge in [0.25, 0.3) is 0 Å². The zero-order chi connectivity index (χ0) is 22.5. The topological polar surface area (TPSA) is 82.6 Å². The number of ether oxygens (including phenoxy) is 2. The molecule has 0 radical (unpaired) electrons. The van der Waals surface area contributed by atoms with Crippen molar-refractivity contribution < 1.29 is 27.4 Å². The molecule has 0 bridgehead atoms. The van der Waals surface area contributed by atoms with Gasteiger partial charge in [0, 0.05) is 30.7 Å². The van der Waals surface area contributed by atoms with Crippen LogP contribution >= 0.6 is 0 Å². The first-order chi connectivity index (χ1) is 15.3. The van der Waals surface area contributed by atoms with Crippen molar-refractivity contribution in [3.63, 3.8) is 0 Å². The number of rotatable bonds is 6. The molecule has 174 valence electrons. The third kappa shape index (κ3) is 4.51. The Morgan fingerprint density at radius 2 is 1.81 bits per heavy atom. The van der Waals surface area contributed by atoms with Gasteiger partial charge in [-0.3, -0.25) is 9.48 Å². The zero-order valence-corrected chi connectivity index (χ0v) is 17.7. The maximum Gasteiger partial charge on any atom is 0.471 e. The SMILES string of the molecule is Nc1cc2cn(C3CCC(OC4CN(C(=O)C(F)(F)F)C4)CC3)nc2cc1OCC1CC1. The van der Waals surface area contributed by atoms with Gasteiger partial charge in [-0.1, -0.05) is 0 Å². The van der Waals surface area contributed by atoms with Crippen molar-refractivity contribution in [1.29, 1.82) is 0 Å². The van der Waals surface area contributed by atoms with Gasteiger partial charge < -0.3 is 20.1 Å². The van der Waals surface area contributed by atoms with Gasteiger partial charge in [-0.25, -0.2) is 0 Å². The molecule has 3 aliphatic rings. The summed E-state index contributed by atoms with van der Waals surface area (Å²) in [6.07, 6.45) is 2.68. The number of carbonyl (C=O) groups excluding carboxylic acids is 1. The van der Waals surface area contributed by atoms with Crippen LogP contribution in [0.2, 0.25) is 0 Å². The number of halogens is 3. The smallest absolute Gasteiger partial charge is 0.471 e. The van der Waals surface area contributed by atoms with E-state index < -0.39 is 12.1 Å². The number of nitrogens with zero attached hydrogens (tertiary/aromatic N) is 3. The number of anilines is 1. The first-order valence-corrected chi connectivity index (χ1v) is 11.2. The summed E-state index contributed by atoms with van der Waals surface area (Å²) < 4.78 is 51.1. The van der Waals surface area contributed by atoms with Crippen LogP contribution in [-0.4, -0.2) is 58.7 Å². The van der Waals surface area contributed by atoms with Crippen LogP contribution < -0.4 is 10.5 Å². The van der Waals surface area contributed by atoms with Gasteiger partial charge in [-0.15, -0.1) is 0 Å². The Balaban J connectivity index is 1.13. The van der Waals surface area contributed by atoms with E-state index in [4.69, 9.17) is 20.3 Å². The van der Waals surface area contributed by atoms with Gasteiger partial charge in [0.15, 0.2) is 0 Å². The monoisotopic (exact) mass is 452 g/mol. The first kappa shape index (κ1) is 21.4. The quantitative estimate of drug-likeness (QED) is 0.676. The van der Waals surface area contributed by atoms with Gasteiger partial charge in [0.05, 0.1) is 36.1 Å². The lowest BCUT2D eigenvalue weighted by molar-refractivity contribution is -0.199. The van der Waals surface area contributed by atoms with Crippen LogP contribution in [0.4, 0.5) is 18.9 Å². The van der Waals surface area contributed by atoms with Gasteiger partial charge >= 0.3 is 12.1 Å². The maximum absolute atomic E-state index is 12.5. The predicted octanol–water partition coefficient (Wildman–Crippen LogP) is 3.68. The summed E-state index contributed by atoms with van der Waals surface area (Å²) in [5, 5.41) is 5.71. The van der Waals surface area contributed by atoms with Crippen molar-refractivity contribution in [3.05, 3.63) is 18.3 Å². The van der Waals surface area contributed by atoms with E-state index in [9.17, 15) is 18.0 Å². The molecule has 0 spiro atoms. The second-order valence-corrected chi connectivity index (χ2v) is 9.21. The number of nitrogen functional groups attached to an aromatic ring is 1.